The Morgan fingerprint density at radius 2 is 2.05 bits per heavy atom. The lowest BCUT2D eigenvalue weighted by atomic mass is 9.87. The van der Waals surface area contributed by atoms with Gasteiger partial charge in [0.1, 0.15) is 11.5 Å². The number of furan rings is 1. The van der Waals surface area contributed by atoms with E-state index in [1.54, 1.807) is 0 Å². The molecule has 2 heterocycles. The molecule has 1 aliphatic heterocycles. The van der Waals surface area contributed by atoms with Crippen molar-refractivity contribution < 1.29 is 14.3 Å². The van der Waals surface area contributed by atoms with Crippen LogP contribution in [0.25, 0.3) is 0 Å². The first-order valence-corrected chi connectivity index (χ1v) is 8.14. The van der Waals surface area contributed by atoms with Crippen LogP contribution >= 0.6 is 0 Å². The van der Waals surface area contributed by atoms with E-state index in [2.05, 4.69) is 0 Å². The van der Waals surface area contributed by atoms with Crippen LogP contribution in [0.3, 0.4) is 0 Å². The lowest BCUT2D eigenvalue weighted by Gasteiger charge is -2.40. The van der Waals surface area contributed by atoms with Crippen molar-refractivity contribution in [1.82, 2.24) is 4.90 Å². The minimum atomic E-state index is -0.240. The van der Waals surface area contributed by atoms with E-state index in [4.69, 9.17) is 4.42 Å². The molecule has 1 N–H and O–H groups in total. The second kappa shape index (κ2) is 5.84. The van der Waals surface area contributed by atoms with Crippen LogP contribution in [0.5, 0.6) is 0 Å². The number of rotatable bonds is 2. The highest BCUT2D eigenvalue weighted by Gasteiger charge is 2.39. The van der Waals surface area contributed by atoms with Crippen LogP contribution in [0, 0.1) is 19.8 Å². The topological polar surface area (TPSA) is 53.7 Å². The Hall–Kier alpha value is -1.29. The number of nitrogens with zero attached hydrogens (tertiary/aromatic N) is 1. The lowest BCUT2D eigenvalue weighted by molar-refractivity contribution is 0.0287. The minimum absolute atomic E-state index is 0.0770. The van der Waals surface area contributed by atoms with Crippen molar-refractivity contribution in [2.24, 2.45) is 5.92 Å². The molecule has 0 bridgehead atoms. The molecule has 1 aliphatic carbocycles. The zero-order valence-electron chi connectivity index (χ0n) is 13.0. The molecule has 2 fully saturated rings. The Labute approximate surface area is 126 Å². The van der Waals surface area contributed by atoms with Gasteiger partial charge in [-0.15, -0.1) is 0 Å². The summed E-state index contributed by atoms with van der Waals surface area (Å²) in [4.78, 5) is 14.9. The minimum Gasteiger partial charge on any atom is -0.466 e. The Balaban J connectivity index is 1.83. The smallest absolute Gasteiger partial charge is 0.257 e. The summed E-state index contributed by atoms with van der Waals surface area (Å²) >= 11 is 0. The fraction of sp³-hybridized carbons (Fsp3) is 0.706. The molecule has 1 amide bonds. The summed E-state index contributed by atoms with van der Waals surface area (Å²) in [5.74, 6) is 1.81. The maximum Gasteiger partial charge on any atom is 0.257 e. The largest absolute Gasteiger partial charge is 0.466 e. The van der Waals surface area contributed by atoms with Crippen molar-refractivity contribution in [3.63, 3.8) is 0 Å². The number of carbonyl (C=O) groups is 1. The number of carbonyl (C=O) groups excluding carboxylic acids is 1. The van der Waals surface area contributed by atoms with Crippen LogP contribution in [-0.4, -0.2) is 34.6 Å². The van der Waals surface area contributed by atoms with Crippen molar-refractivity contribution in [1.29, 1.82) is 0 Å². The average Bonchev–Trinajstić information content (AvgIpc) is 3.03. The zero-order valence-corrected chi connectivity index (χ0v) is 13.0. The lowest BCUT2D eigenvalue weighted by Crippen LogP contribution is -2.49. The van der Waals surface area contributed by atoms with Crippen molar-refractivity contribution in [2.45, 2.75) is 64.5 Å². The first kappa shape index (κ1) is 14.6. The van der Waals surface area contributed by atoms with Gasteiger partial charge < -0.3 is 14.4 Å². The Kier molecular flexibility index (Phi) is 4.07. The third kappa shape index (κ3) is 2.73. The van der Waals surface area contributed by atoms with Gasteiger partial charge in [-0.25, -0.2) is 0 Å². The molecule has 3 rings (SSSR count). The predicted octanol–water partition coefficient (Wildman–Crippen LogP) is 3.05. The molecular weight excluding hydrogens is 266 g/mol. The van der Waals surface area contributed by atoms with E-state index in [1.165, 1.54) is 0 Å². The molecule has 3 atom stereocenters. The first-order chi connectivity index (χ1) is 10.1. The number of aryl methyl sites for hydroxylation is 2. The fourth-order valence-corrected chi connectivity index (χ4v) is 4.07. The van der Waals surface area contributed by atoms with E-state index in [9.17, 15) is 9.90 Å². The third-order valence-corrected chi connectivity index (χ3v) is 5.11. The van der Waals surface area contributed by atoms with Gasteiger partial charge in [-0.3, -0.25) is 4.79 Å². The summed E-state index contributed by atoms with van der Waals surface area (Å²) in [5, 5.41) is 10.2. The molecule has 3 unspecified atom stereocenters. The Morgan fingerprint density at radius 3 is 2.67 bits per heavy atom. The summed E-state index contributed by atoms with van der Waals surface area (Å²) in [5.41, 5.74) is 0.687. The van der Waals surface area contributed by atoms with Gasteiger partial charge in [0.15, 0.2) is 0 Å². The Bertz CT molecular complexity index is 522. The van der Waals surface area contributed by atoms with Gasteiger partial charge in [0.05, 0.1) is 11.7 Å². The average molecular weight is 291 g/mol. The van der Waals surface area contributed by atoms with Crippen molar-refractivity contribution in [3.05, 3.63) is 23.2 Å². The monoisotopic (exact) mass is 291 g/mol. The van der Waals surface area contributed by atoms with Crippen LogP contribution in [0.1, 0.15) is 60.4 Å². The maximum absolute atomic E-state index is 12.9. The molecule has 116 valence electrons. The van der Waals surface area contributed by atoms with E-state index in [1.807, 2.05) is 24.8 Å². The molecule has 4 heteroatoms. The van der Waals surface area contributed by atoms with Crippen LogP contribution in [0.2, 0.25) is 0 Å². The van der Waals surface area contributed by atoms with Crippen LogP contribution < -0.4 is 0 Å². The standard InChI is InChI=1S/C17H25NO3/c1-11-10-14(12(2)21-11)17(20)18-9-4-3-7-15(18)13-6-5-8-16(13)19/h10,13,15-16,19H,3-9H2,1-2H3. The van der Waals surface area contributed by atoms with Gasteiger partial charge in [0, 0.05) is 18.5 Å². The summed E-state index contributed by atoms with van der Waals surface area (Å²) < 4.78 is 5.51. The van der Waals surface area contributed by atoms with Crippen LogP contribution in [0.4, 0.5) is 0 Å². The van der Waals surface area contributed by atoms with Crippen LogP contribution in [-0.2, 0) is 0 Å². The van der Waals surface area contributed by atoms with Gasteiger partial charge >= 0.3 is 0 Å². The Morgan fingerprint density at radius 1 is 1.24 bits per heavy atom. The summed E-state index contributed by atoms with van der Waals surface area (Å²) in [6, 6.07) is 2.03. The van der Waals surface area contributed by atoms with E-state index in [-0.39, 0.29) is 24.0 Å². The molecule has 0 aromatic carbocycles. The summed E-state index contributed by atoms with van der Waals surface area (Å²) in [6.07, 6.45) is 5.99. The molecule has 1 aromatic heterocycles. The molecular formula is C17H25NO3. The highest BCUT2D eigenvalue weighted by atomic mass is 16.3. The van der Waals surface area contributed by atoms with Crippen LogP contribution in [0.15, 0.2) is 10.5 Å². The van der Waals surface area contributed by atoms with Crippen molar-refractivity contribution in [3.8, 4) is 0 Å². The van der Waals surface area contributed by atoms with E-state index in [0.29, 0.717) is 11.3 Å². The highest BCUT2D eigenvalue weighted by molar-refractivity contribution is 5.95. The normalized spacial score (nSPS) is 29.9. The van der Waals surface area contributed by atoms with Gasteiger partial charge in [-0.1, -0.05) is 6.42 Å². The van der Waals surface area contributed by atoms with Gasteiger partial charge in [-0.05, 0) is 52.0 Å². The molecule has 1 aromatic rings. The number of amides is 1. The maximum atomic E-state index is 12.9. The molecule has 4 nitrogen and oxygen atoms in total. The summed E-state index contributed by atoms with van der Waals surface area (Å²) in [7, 11) is 0. The summed E-state index contributed by atoms with van der Waals surface area (Å²) in [6.45, 7) is 4.53. The van der Waals surface area contributed by atoms with Gasteiger partial charge in [-0.2, -0.15) is 0 Å². The number of piperidine rings is 1. The van der Waals surface area contributed by atoms with Gasteiger partial charge in [0.25, 0.3) is 5.91 Å². The molecule has 0 radical (unpaired) electrons. The van der Waals surface area contributed by atoms with Gasteiger partial charge in [0.2, 0.25) is 0 Å². The molecule has 1 saturated carbocycles. The third-order valence-electron chi connectivity index (χ3n) is 5.11. The van der Waals surface area contributed by atoms with E-state index < -0.39 is 0 Å². The fourth-order valence-electron chi connectivity index (χ4n) is 4.07. The number of likely N-dealkylation sites (tertiary alicyclic amines) is 1. The van der Waals surface area contributed by atoms with Crippen molar-refractivity contribution in [2.75, 3.05) is 6.54 Å². The number of aliphatic hydroxyl groups is 1. The molecule has 21 heavy (non-hydrogen) atoms. The predicted molar refractivity (Wildman–Crippen MR) is 80.2 cm³/mol. The second-order valence-corrected chi connectivity index (χ2v) is 6.55. The molecule has 0 spiro atoms. The second-order valence-electron chi connectivity index (χ2n) is 6.55. The molecule has 2 aliphatic rings. The number of aliphatic hydroxyl groups excluding tert-OH is 1. The van der Waals surface area contributed by atoms with E-state index in [0.717, 1.165) is 50.8 Å². The number of hydrogen-bond acceptors (Lipinski definition) is 3. The number of hydrogen-bond donors (Lipinski definition) is 1. The zero-order chi connectivity index (χ0) is 15.0. The highest BCUT2D eigenvalue weighted by Crippen LogP contribution is 2.36. The quantitative estimate of drug-likeness (QED) is 0.911. The SMILES string of the molecule is Cc1cc(C(=O)N2CCCCC2C2CCCC2O)c(C)o1. The van der Waals surface area contributed by atoms with Crippen molar-refractivity contribution >= 4 is 5.91 Å². The molecule has 1 saturated heterocycles. The first-order valence-electron chi connectivity index (χ1n) is 8.14. The van der Waals surface area contributed by atoms with E-state index >= 15 is 0 Å².